The van der Waals surface area contributed by atoms with Crippen LogP contribution in [0.15, 0.2) is 207 Å². The summed E-state index contributed by atoms with van der Waals surface area (Å²) in [6.07, 6.45) is 3.73. The zero-order valence-corrected chi connectivity index (χ0v) is 27.4. The smallest absolute Gasteiger partial charge is 0.0892 e. The number of nitrogens with zero attached hydrogens (tertiary/aromatic N) is 4. The Balaban J connectivity index is 1.06. The molecule has 0 aliphatic heterocycles. The first-order valence-corrected chi connectivity index (χ1v) is 16.7. The van der Waals surface area contributed by atoms with Crippen LogP contribution in [0, 0.1) is 0 Å². The fourth-order valence-electron chi connectivity index (χ4n) is 6.31. The van der Waals surface area contributed by atoms with Gasteiger partial charge in [-0.2, -0.15) is 0 Å². The molecule has 0 fully saturated rings. The van der Waals surface area contributed by atoms with E-state index in [1.54, 1.807) is 0 Å². The van der Waals surface area contributed by atoms with Crippen LogP contribution in [-0.4, -0.2) is 9.97 Å². The molecule has 4 heteroatoms. The predicted molar refractivity (Wildman–Crippen MR) is 208 cm³/mol. The SMILES string of the molecule is c1ccc(N(c2ccccc2)c2ccc(-c3ccnc(-c4cc(-c5ccc(N(c6ccccc6)c6ccccc6)cc5)ccn4)c3)cc2)cc1. The number of aromatic nitrogens is 2. The van der Waals surface area contributed by atoms with Crippen molar-refractivity contribution in [1.29, 1.82) is 0 Å². The van der Waals surface area contributed by atoms with Crippen molar-refractivity contribution < 1.29 is 0 Å². The number of rotatable bonds is 9. The second-order valence-corrected chi connectivity index (χ2v) is 12.0. The molecule has 0 radical (unpaired) electrons. The van der Waals surface area contributed by atoms with E-state index in [2.05, 4.69) is 180 Å². The predicted octanol–water partition coefficient (Wildman–Crippen LogP) is 12.4. The highest BCUT2D eigenvalue weighted by Crippen LogP contribution is 2.37. The normalized spacial score (nSPS) is 10.8. The Hall–Kier alpha value is -6.78. The van der Waals surface area contributed by atoms with Gasteiger partial charge in [-0.3, -0.25) is 9.97 Å². The van der Waals surface area contributed by atoms with Gasteiger partial charge in [0.2, 0.25) is 0 Å². The molecule has 0 unspecified atom stereocenters. The zero-order valence-electron chi connectivity index (χ0n) is 27.4. The molecule has 50 heavy (non-hydrogen) atoms. The average Bonchev–Trinajstić information content (AvgIpc) is 3.20. The molecule has 238 valence electrons. The van der Waals surface area contributed by atoms with Gasteiger partial charge in [0.15, 0.2) is 0 Å². The third kappa shape index (κ3) is 6.51. The van der Waals surface area contributed by atoms with Crippen LogP contribution in [0.5, 0.6) is 0 Å². The van der Waals surface area contributed by atoms with Crippen molar-refractivity contribution in [2.45, 2.75) is 0 Å². The van der Waals surface area contributed by atoms with Gasteiger partial charge in [0, 0.05) is 46.5 Å². The summed E-state index contributed by atoms with van der Waals surface area (Å²) in [7, 11) is 0. The molecule has 8 rings (SSSR count). The Morgan fingerprint density at radius 1 is 0.260 bits per heavy atom. The first-order valence-electron chi connectivity index (χ1n) is 16.7. The maximum Gasteiger partial charge on any atom is 0.0892 e. The number of hydrogen-bond acceptors (Lipinski definition) is 4. The Morgan fingerprint density at radius 2 is 0.540 bits per heavy atom. The molecule has 0 saturated heterocycles. The minimum absolute atomic E-state index is 0.833. The van der Waals surface area contributed by atoms with E-state index in [1.165, 1.54) is 0 Å². The Labute approximate surface area is 293 Å². The van der Waals surface area contributed by atoms with Crippen LogP contribution in [-0.2, 0) is 0 Å². The minimum Gasteiger partial charge on any atom is -0.311 e. The van der Waals surface area contributed by atoms with Crippen molar-refractivity contribution in [3.8, 4) is 33.6 Å². The lowest BCUT2D eigenvalue weighted by atomic mass is 10.0. The van der Waals surface area contributed by atoms with Crippen LogP contribution < -0.4 is 9.80 Å². The van der Waals surface area contributed by atoms with Gasteiger partial charge in [-0.15, -0.1) is 0 Å². The molecule has 0 aliphatic rings. The zero-order chi connectivity index (χ0) is 33.5. The largest absolute Gasteiger partial charge is 0.311 e. The van der Waals surface area contributed by atoms with Crippen molar-refractivity contribution in [3.05, 3.63) is 207 Å². The molecule has 0 atom stereocenters. The summed E-state index contributed by atoms with van der Waals surface area (Å²) in [5.41, 5.74) is 12.7. The number of anilines is 6. The number of para-hydroxylation sites is 4. The molecule has 2 aromatic heterocycles. The van der Waals surface area contributed by atoms with E-state index in [9.17, 15) is 0 Å². The lowest BCUT2D eigenvalue weighted by Crippen LogP contribution is -2.09. The van der Waals surface area contributed by atoms with Crippen LogP contribution in [0.1, 0.15) is 0 Å². The quantitative estimate of drug-likeness (QED) is 0.157. The lowest BCUT2D eigenvalue weighted by Gasteiger charge is -2.25. The van der Waals surface area contributed by atoms with Crippen molar-refractivity contribution in [2.24, 2.45) is 0 Å². The second kappa shape index (κ2) is 14.1. The van der Waals surface area contributed by atoms with Gasteiger partial charge in [-0.25, -0.2) is 0 Å². The molecule has 0 aliphatic carbocycles. The highest BCUT2D eigenvalue weighted by molar-refractivity contribution is 5.81. The van der Waals surface area contributed by atoms with E-state index < -0.39 is 0 Å². The van der Waals surface area contributed by atoms with Crippen LogP contribution in [0.2, 0.25) is 0 Å². The molecule has 8 aromatic rings. The number of benzene rings is 6. The highest BCUT2D eigenvalue weighted by atomic mass is 15.1. The third-order valence-electron chi connectivity index (χ3n) is 8.76. The molecule has 6 aromatic carbocycles. The molecule has 0 bridgehead atoms. The Morgan fingerprint density at radius 3 is 0.840 bits per heavy atom. The molecule has 0 N–H and O–H groups in total. The summed E-state index contributed by atoms with van der Waals surface area (Å²) in [6, 6.07) is 67.6. The van der Waals surface area contributed by atoms with Gasteiger partial charge in [0.05, 0.1) is 11.4 Å². The van der Waals surface area contributed by atoms with Crippen molar-refractivity contribution in [1.82, 2.24) is 9.97 Å². The van der Waals surface area contributed by atoms with E-state index in [-0.39, 0.29) is 0 Å². The Bertz CT molecular complexity index is 2040. The second-order valence-electron chi connectivity index (χ2n) is 12.0. The first kappa shape index (κ1) is 30.5. The van der Waals surface area contributed by atoms with E-state index in [4.69, 9.17) is 9.97 Å². The maximum atomic E-state index is 4.72. The summed E-state index contributed by atoms with van der Waals surface area (Å²) < 4.78 is 0. The summed E-state index contributed by atoms with van der Waals surface area (Å²) in [5, 5.41) is 0. The van der Waals surface area contributed by atoms with Crippen molar-refractivity contribution in [2.75, 3.05) is 9.80 Å². The maximum absolute atomic E-state index is 4.72. The minimum atomic E-state index is 0.833. The van der Waals surface area contributed by atoms with E-state index in [0.717, 1.165) is 67.8 Å². The Kier molecular flexibility index (Phi) is 8.64. The summed E-state index contributed by atoms with van der Waals surface area (Å²) >= 11 is 0. The van der Waals surface area contributed by atoms with Crippen LogP contribution in [0.25, 0.3) is 33.6 Å². The first-order chi connectivity index (χ1) is 24.8. The summed E-state index contributed by atoms with van der Waals surface area (Å²) in [5.74, 6) is 0. The molecule has 0 saturated carbocycles. The van der Waals surface area contributed by atoms with Gasteiger partial charge in [0.1, 0.15) is 0 Å². The van der Waals surface area contributed by atoms with E-state index in [1.807, 2.05) is 36.7 Å². The van der Waals surface area contributed by atoms with Crippen LogP contribution in [0.3, 0.4) is 0 Å². The molecule has 0 spiro atoms. The lowest BCUT2D eigenvalue weighted by molar-refractivity contribution is 1.25. The van der Waals surface area contributed by atoms with Crippen molar-refractivity contribution >= 4 is 34.1 Å². The summed E-state index contributed by atoms with van der Waals surface area (Å²) in [4.78, 5) is 14.0. The highest BCUT2D eigenvalue weighted by Gasteiger charge is 2.14. The molecular formula is C46H34N4. The molecule has 2 heterocycles. The van der Waals surface area contributed by atoms with Gasteiger partial charge in [0.25, 0.3) is 0 Å². The monoisotopic (exact) mass is 642 g/mol. The molecule has 4 nitrogen and oxygen atoms in total. The molecule has 0 amide bonds. The molecular weight excluding hydrogens is 609 g/mol. The standard InChI is InChI=1S/C46H34N4/c1-5-13-39(14-6-1)49(40-15-7-2-8-16-40)43-25-21-35(22-26-43)37-29-31-47-45(33-37)46-34-38(30-32-48-46)36-23-27-44(28-24-36)50(41-17-9-3-10-18-41)42-19-11-4-12-20-42/h1-34H. The van der Waals surface area contributed by atoms with E-state index in [0.29, 0.717) is 0 Å². The van der Waals surface area contributed by atoms with Gasteiger partial charge >= 0.3 is 0 Å². The van der Waals surface area contributed by atoms with Crippen LogP contribution in [0.4, 0.5) is 34.1 Å². The van der Waals surface area contributed by atoms with E-state index >= 15 is 0 Å². The summed E-state index contributed by atoms with van der Waals surface area (Å²) in [6.45, 7) is 0. The fraction of sp³-hybridized carbons (Fsp3) is 0. The topological polar surface area (TPSA) is 32.3 Å². The van der Waals surface area contributed by atoms with Gasteiger partial charge in [-0.1, -0.05) is 97.1 Å². The van der Waals surface area contributed by atoms with Crippen LogP contribution >= 0.6 is 0 Å². The average molecular weight is 643 g/mol. The number of pyridine rings is 2. The van der Waals surface area contributed by atoms with Gasteiger partial charge in [-0.05, 0) is 119 Å². The van der Waals surface area contributed by atoms with Crippen molar-refractivity contribution in [3.63, 3.8) is 0 Å². The number of hydrogen-bond donors (Lipinski definition) is 0. The fourth-order valence-corrected chi connectivity index (χ4v) is 6.31. The van der Waals surface area contributed by atoms with Gasteiger partial charge < -0.3 is 9.80 Å². The third-order valence-corrected chi connectivity index (χ3v) is 8.76.